The number of fused-ring (bicyclic) bond motifs is 1. The van der Waals surface area contributed by atoms with Gasteiger partial charge in [-0.3, -0.25) is 0 Å². The second-order valence-electron chi connectivity index (χ2n) is 3.06. The summed E-state index contributed by atoms with van der Waals surface area (Å²) in [5.74, 6) is 0.792. The van der Waals surface area contributed by atoms with Gasteiger partial charge in [0.2, 0.25) is 0 Å². The van der Waals surface area contributed by atoms with Crippen LogP contribution in [0.3, 0.4) is 0 Å². The standard InChI is InChI=1S/C10H10ClNO/c1-6-2-8(11)3-7-4-9(5-12)13-10(6)7/h2-4H,5,12H2,1H3. The van der Waals surface area contributed by atoms with Gasteiger partial charge in [-0.1, -0.05) is 11.6 Å². The van der Waals surface area contributed by atoms with Crippen LogP contribution in [0.5, 0.6) is 0 Å². The number of hydrogen-bond donors (Lipinski definition) is 1. The number of furan rings is 1. The van der Waals surface area contributed by atoms with Crippen molar-refractivity contribution < 1.29 is 4.42 Å². The monoisotopic (exact) mass is 195 g/mol. The number of halogens is 1. The quantitative estimate of drug-likeness (QED) is 0.760. The number of aryl methyl sites for hydroxylation is 1. The lowest BCUT2D eigenvalue weighted by Gasteiger charge is -1.95. The van der Waals surface area contributed by atoms with Crippen LogP contribution in [0.25, 0.3) is 11.0 Å². The van der Waals surface area contributed by atoms with Gasteiger partial charge in [0, 0.05) is 10.4 Å². The molecule has 0 saturated heterocycles. The molecule has 0 fully saturated rings. The van der Waals surface area contributed by atoms with Gasteiger partial charge in [0.25, 0.3) is 0 Å². The Morgan fingerprint density at radius 1 is 1.38 bits per heavy atom. The first-order valence-electron chi connectivity index (χ1n) is 4.09. The summed E-state index contributed by atoms with van der Waals surface area (Å²) >= 11 is 5.90. The molecule has 1 heterocycles. The van der Waals surface area contributed by atoms with Crippen molar-refractivity contribution in [2.75, 3.05) is 0 Å². The van der Waals surface area contributed by atoms with Gasteiger partial charge in [0.1, 0.15) is 11.3 Å². The number of nitrogens with two attached hydrogens (primary N) is 1. The molecule has 0 radical (unpaired) electrons. The van der Waals surface area contributed by atoms with Gasteiger partial charge in [0.05, 0.1) is 6.54 Å². The van der Waals surface area contributed by atoms with Gasteiger partial charge in [-0.25, -0.2) is 0 Å². The topological polar surface area (TPSA) is 39.2 Å². The van der Waals surface area contributed by atoms with Crippen LogP contribution in [0.1, 0.15) is 11.3 Å². The van der Waals surface area contributed by atoms with Crippen molar-refractivity contribution in [2.45, 2.75) is 13.5 Å². The van der Waals surface area contributed by atoms with Crippen molar-refractivity contribution in [3.63, 3.8) is 0 Å². The largest absolute Gasteiger partial charge is 0.459 e. The summed E-state index contributed by atoms with van der Waals surface area (Å²) in [6.45, 7) is 2.39. The fourth-order valence-corrected chi connectivity index (χ4v) is 1.72. The third-order valence-corrected chi connectivity index (χ3v) is 2.24. The maximum atomic E-state index is 5.90. The van der Waals surface area contributed by atoms with E-state index in [4.69, 9.17) is 21.8 Å². The van der Waals surface area contributed by atoms with Crippen LogP contribution in [0.15, 0.2) is 22.6 Å². The van der Waals surface area contributed by atoms with E-state index in [-0.39, 0.29) is 0 Å². The van der Waals surface area contributed by atoms with E-state index in [9.17, 15) is 0 Å². The minimum Gasteiger partial charge on any atom is -0.459 e. The van der Waals surface area contributed by atoms with Crippen molar-refractivity contribution >= 4 is 22.6 Å². The maximum Gasteiger partial charge on any atom is 0.137 e. The van der Waals surface area contributed by atoms with E-state index in [2.05, 4.69) is 0 Å². The fraction of sp³-hybridized carbons (Fsp3) is 0.200. The van der Waals surface area contributed by atoms with Crippen molar-refractivity contribution in [2.24, 2.45) is 5.73 Å². The molecular formula is C10H10ClNO. The Hall–Kier alpha value is -0.990. The highest BCUT2D eigenvalue weighted by molar-refractivity contribution is 6.31. The summed E-state index contributed by atoms with van der Waals surface area (Å²) in [6.07, 6.45) is 0. The molecular weight excluding hydrogens is 186 g/mol. The summed E-state index contributed by atoms with van der Waals surface area (Å²) < 4.78 is 5.52. The minimum atomic E-state index is 0.422. The van der Waals surface area contributed by atoms with Gasteiger partial charge in [-0.15, -0.1) is 0 Å². The zero-order chi connectivity index (χ0) is 9.42. The van der Waals surface area contributed by atoms with Crippen LogP contribution in [-0.4, -0.2) is 0 Å². The average molecular weight is 196 g/mol. The summed E-state index contributed by atoms with van der Waals surface area (Å²) in [6, 6.07) is 5.69. The molecule has 1 aromatic carbocycles. The molecule has 0 aliphatic heterocycles. The third-order valence-electron chi connectivity index (χ3n) is 2.02. The first kappa shape index (κ1) is 8.60. The molecule has 13 heavy (non-hydrogen) atoms. The Balaban J connectivity index is 2.75. The minimum absolute atomic E-state index is 0.422. The van der Waals surface area contributed by atoms with E-state index < -0.39 is 0 Å². The summed E-state index contributed by atoms with van der Waals surface area (Å²) in [5.41, 5.74) is 7.40. The molecule has 2 rings (SSSR count). The lowest BCUT2D eigenvalue weighted by atomic mass is 10.2. The van der Waals surface area contributed by atoms with Crippen LogP contribution in [0.4, 0.5) is 0 Å². The molecule has 0 spiro atoms. The molecule has 0 bridgehead atoms. The predicted molar refractivity (Wildman–Crippen MR) is 53.9 cm³/mol. The average Bonchev–Trinajstić information content (AvgIpc) is 2.47. The van der Waals surface area contributed by atoms with E-state index >= 15 is 0 Å². The summed E-state index contributed by atoms with van der Waals surface area (Å²) in [5, 5.41) is 1.75. The maximum absolute atomic E-state index is 5.90. The van der Waals surface area contributed by atoms with Gasteiger partial charge in [-0.05, 0) is 30.7 Å². The van der Waals surface area contributed by atoms with Crippen molar-refractivity contribution in [3.8, 4) is 0 Å². The molecule has 0 atom stereocenters. The zero-order valence-corrected chi connectivity index (χ0v) is 8.06. The lowest BCUT2D eigenvalue weighted by molar-refractivity contribution is 0.550. The van der Waals surface area contributed by atoms with Gasteiger partial charge >= 0.3 is 0 Å². The Bertz CT molecular complexity index is 447. The SMILES string of the molecule is Cc1cc(Cl)cc2cc(CN)oc12. The van der Waals surface area contributed by atoms with Crippen LogP contribution in [0.2, 0.25) is 5.02 Å². The van der Waals surface area contributed by atoms with Gasteiger partial charge in [-0.2, -0.15) is 0 Å². The van der Waals surface area contributed by atoms with Crippen LogP contribution in [0, 0.1) is 6.92 Å². The number of benzene rings is 1. The lowest BCUT2D eigenvalue weighted by Crippen LogP contribution is -1.92. The molecule has 2 aromatic rings. The highest BCUT2D eigenvalue weighted by Crippen LogP contribution is 2.26. The molecule has 0 unspecified atom stereocenters. The molecule has 0 amide bonds. The highest BCUT2D eigenvalue weighted by Gasteiger charge is 2.05. The van der Waals surface area contributed by atoms with Crippen molar-refractivity contribution in [1.82, 2.24) is 0 Å². The molecule has 2 N–H and O–H groups in total. The van der Waals surface area contributed by atoms with Crippen molar-refractivity contribution in [1.29, 1.82) is 0 Å². The molecule has 0 aliphatic rings. The third kappa shape index (κ3) is 1.43. The summed E-state index contributed by atoms with van der Waals surface area (Å²) in [7, 11) is 0. The van der Waals surface area contributed by atoms with Crippen LogP contribution in [-0.2, 0) is 6.54 Å². The van der Waals surface area contributed by atoms with Crippen molar-refractivity contribution in [3.05, 3.63) is 34.5 Å². The number of rotatable bonds is 1. The van der Waals surface area contributed by atoms with E-state index in [1.54, 1.807) is 0 Å². The number of hydrogen-bond acceptors (Lipinski definition) is 2. The predicted octanol–water partition coefficient (Wildman–Crippen LogP) is 2.85. The Morgan fingerprint density at radius 3 is 2.85 bits per heavy atom. The first-order valence-corrected chi connectivity index (χ1v) is 4.47. The molecule has 3 heteroatoms. The smallest absolute Gasteiger partial charge is 0.137 e. The van der Waals surface area contributed by atoms with Gasteiger partial charge in [0.15, 0.2) is 0 Å². The summed E-state index contributed by atoms with van der Waals surface area (Å²) in [4.78, 5) is 0. The Kier molecular flexibility index (Phi) is 2.02. The van der Waals surface area contributed by atoms with Crippen LogP contribution < -0.4 is 5.73 Å². The Morgan fingerprint density at radius 2 is 2.15 bits per heavy atom. The highest BCUT2D eigenvalue weighted by atomic mass is 35.5. The van der Waals surface area contributed by atoms with E-state index in [1.807, 2.05) is 25.1 Å². The molecule has 1 aromatic heterocycles. The molecule has 2 nitrogen and oxygen atoms in total. The van der Waals surface area contributed by atoms with E-state index in [1.165, 1.54) is 0 Å². The molecule has 0 saturated carbocycles. The Labute approximate surface area is 81.3 Å². The van der Waals surface area contributed by atoms with E-state index in [0.29, 0.717) is 6.54 Å². The first-order chi connectivity index (χ1) is 6.20. The second-order valence-corrected chi connectivity index (χ2v) is 3.49. The fourth-order valence-electron chi connectivity index (χ4n) is 1.44. The van der Waals surface area contributed by atoms with E-state index in [0.717, 1.165) is 27.3 Å². The molecule has 68 valence electrons. The van der Waals surface area contributed by atoms with Gasteiger partial charge < -0.3 is 10.2 Å². The second kappa shape index (κ2) is 3.05. The zero-order valence-electron chi connectivity index (χ0n) is 7.30. The molecule has 0 aliphatic carbocycles. The normalized spacial score (nSPS) is 11.0. The van der Waals surface area contributed by atoms with Crippen LogP contribution >= 0.6 is 11.6 Å².